The minimum atomic E-state index is -0.543. The molecule has 1 heterocycles. The number of imide groups is 1. The first-order chi connectivity index (χ1) is 14.9. The number of hydrogen-bond acceptors (Lipinski definition) is 7. The van der Waals surface area contributed by atoms with E-state index in [2.05, 4.69) is 5.32 Å². The fraction of sp³-hybridized carbons (Fsp3) is 0.182. The molecule has 8 nitrogen and oxygen atoms in total. The number of ether oxygens (including phenoxy) is 2. The van der Waals surface area contributed by atoms with Gasteiger partial charge in [-0.3, -0.25) is 19.3 Å². The fourth-order valence-corrected chi connectivity index (χ4v) is 3.68. The number of para-hydroxylation sites is 1. The van der Waals surface area contributed by atoms with E-state index >= 15 is 0 Å². The van der Waals surface area contributed by atoms with Gasteiger partial charge < -0.3 is 14.8 Å². The number of nitrogens with zero attached hydrogens (tertiary/aromatic N) is 2. The molecule has 0 aromatic heterocycles. The quantitative estimate of drug-likeness (QED) is 0.660. The third-order valence-corrected chi connectivity index (χ3v) is 5.28. The average molecular weight is 437 g/mol. The van der Waals surface area contributed by atoms with Crippen LogP contribution in [0.15, 0.2) is 47.4 Å². The second-order valence-corrected chi connectivity index (χ2v) is 7.48. The first kappa shape index (κ1) is 21.9. The van der Waals surface area contributed by atoms with Crippen LogP contribution in [-0.2, 0) is 9.59 Å². The van der Waals surface area contributed by atoms with Crippen LogP contribution in [0.5, 0.6) is 11.5 Å². The van der Waals surface area contributed by atoms with E-state index in [9.17, 15) is 14.4 Å². The Kier molecular flexibility index (Phi) is 6.95. The highest BCUT2D eigenvalue weighted by atomic mass is 32.2. The summed E-state index contributed by atoms with van der Waals surface area (Å²) in [6.45, 7) is 1.35. The SMILES string of the molecule is COc1cc(/C=C2\SC(=O)N(CC(=O)Nc3ccccc3C)C2=O)ccc1OCC#N. The molecule has 3 amide bonds. The van der Waals surface area contributed by atoms with E-state index < -0.39 is 17.1 Å². The minimum Gasteiger partial charge on any atom is -0.493 e. The third kappa shape index (κ3) is 5.24. The molecule has 0 unspecified atom stereocenters. The minimum absolute atomic E-state index is 0.126. The Morgan fingerprint density at radius 1 is 1.23 bits per heavy atom. The van der Waals surface area contributed by atoms with Gasteiger partial charge in [0.15, 0.2) is 18.1 Å². The molecule has 0 radical (unpaired) electrons. The van der Waals surface area contributed by atoms with Gasteiger partial charge in [-0.1, -0.05) is 24.3 Å². The molecule has 2 aromatic carbocycles. The number of thioether (sulfide) groups is 1. The summed E-state index contributed by atoms with van der Waals surface area (Å²) < 4.78 is 10.5. The van der Waals surface area contributed by atoms with Crippen LogP contribution in [0.1, 0.15) is 11.1 Å². The van der Waals surface area contributed by atoms with Crippen molar-refractivity contribution in [1.29, 1.82) is 5.26 Å². The van der Waals surface area contributed by atoms with Gasteiger partial charge in [0.1, 0.15) is 12.6 Å². The molecule has 0 bridgehead atoms. The number of nitrogens with one attached hydrogen (secondary N) is 1. The van der Waals surface area contributed by atoms with E-state index in [-0.39, 0.29) is 18.1 Å². The normalized spacial score (nSPS) is 14.5. The molecule has 2 aromatic rings. The van der Waals surface area contributed by atoms with Crippen LogP contribution in [0.25, 0.3) is 6.08 Å². The Bertz CT molecular complexity index is 1110. The number of rotatable bonds is 7. The van der Waals surface area contributed by atoms with Crippen molar-refractivity contribution >= 4 is 40.6 Å². The molecule has 158 valence electrons. The van der Waals surface area contributed by atoms with Crippen molar-refractivity contribution in [3.05, 3.63) is 58.5 Å². The summed E-state index contributed by atoms with van der Waals surface area (Å²) in [5, 5.41) is 10.8. The lowest BCUT2D eigenvalue weighted by Crippen LogP contribution is -2.36. The maximum atomic E-state index is 12.7. The van der Waals surface area contributed by atoms with Crippen molar-refractivity contribution in [2.45, 2.75) is 6.92 Å². The number of carbonyl (C=O) groups is 3. The number of aryl methyl sites for hydroxylation is 1. The first-order valence-electron chi connectivity index (χ1n) is 9.21. The largest absolute Gasteiger partial charge is 0.493 e. The van der Waals surface area contributed by atoms with Gasteiger partial charge in [0.05, 0.1) is 12.0 Å². The molecule has 1 N–H and O–H groups in total. The van der Waals surface area contributed by atoms with Gasteiger partial charge in [-0.05, 0) is 54.1 Å². The molecule has 1 saturated heterocycles. The monoisotopic (exact) mass is 437 g/mol. The summed E-state index contributed by atoms with van der Waals surface area (Å²) >= 11 is 0.763. The summed E-state index contributed by atoms with van der Waals surface area (Å²) in [5.74, 6) is -0.222. The second-order valence-electron chi connectivity index (χ2n) is 6.49. The molecule has 9 heteroatoms. The van der Waals surface area contributed by atoms with Gasteiger partial charge in [0.2, 0.25) is 5.91 Å². The number of anilines is 1. The Morgan fingerprint density at radius 3 is 2.71 bits per heavy atom. The van der Waals surface area contributed by atoms with E-state index in [1.807, 2.05) is 25.1 Å². The molecule has 0 atom stereocenters. The van der Waals surface area contributed by atoms with Crippen LogP contribution in [0, 0.1) is 18.3 Å². The highest BCUT2D eigenvalue weighted by Gasteiger charge is 2.36. The van der Waals surface area contributed by atoms with E-state index in [0.717, 1.165) is 22.2 Å². The van der Waals surface area contributed by atoms with Gasteiger partial charge in [-0.15, -0.1) is 0 Å². The summed E-state index contributed by atoms with van der Waals surface area (Å²) in [6, 6.07) is 14.0. The lowest BCUT2D eigenvalue weighted by Gasteiger charge is -2.13. The van der Waals surface area contributed by atoms with Crippen molar-refractivity contribution in [3.63, 3.8) is 0 Å². The van der Waals surface area contributed by atoms with Gasteiger partial charge in [0, 0.05) is 5.69 Å². The summed E-state index contributed by atoms with van der Waals surface area (Å²) in [6.07, 6.45) is 1.54. The van der Waals surface area contributed by atoms with Crippen molar-refractivity contribution in [2.24, 2.45) is 0 Å². The molecule has 31 heavy (non-hydrogen) atoms. The molecular weight excluding hydrogens is 418 g/mol. The highest BCUT2D eigenvalue weighted by Crippen LogP contribution is 2.34. The topological polar surface area (TPSA) is 109 Å². The third-order valence-electron chi connectivity index (χ3n) is 4.37. The molecule has 1 aliphatic rings. The molecule has 0 saturated carbocycles. The number of amides is 3. The zero-order valence-corrected chi connectivity index (χ0v) is 17.7. The summed E-state index contributed by atoms with van der Waals surface area (Å²) in [4.78, 5) is 38.4. The molecule has 1 aliphatic heterocycles. The van der Waals surface area contributed by atoms with Gasteiger partial charge in [-0.2, -0.15) is 5.26 Å². The summed E-state index contributed by atoms with van der Waals surface area (Å²) in [5.41, 5.74) is 2.11. The van der Waals surface area contributed by atoms with E-state index in [1.54, 1.807) is 36.4 Å². The van der Waals surface area contributed by atoms with Crippen LogP contribution in [0.3, 0.4) is 0 Å². The number of benzene rings is 2. The fourth-order valence-electron chi connectivity index (χ4n) is 2.84. The number of nitriles is 1. The van der Waals surface area contributed by atoms with E-state index in [4.69, 9.17) is 14.7 Å². The van der Waals surface area contributed by atoms with Crippen molar-refractivity contribution in [2.75, 3.05) is 25.6 Å². The lowest BCUT2D eigenvalue weighted by atomic mass is 10.2. The zero-order valence-electron chi connectivity index (χ0n) is 16.9. The Morgan fingerprint density at radius 2 is 2.00 bits per heavy atom. The van der Waals surface area contributed by atoms with Crippen LogP contribution in [0.2, 0.25) is 0 Å². The van der Waals surface area contributed by atoms with E-state index in [1.165, 1.54) is 7.11 Å². The van der Waals surface area contributed by atoms with Crippen molar-refractivity contribution < 1.29 is 23.9 Å². The van der Waals surface area contributed by atoms with Crippen LogP contribution in [-0.4, -0.2) is 42.2 Å². The predicted octanol–water partition coefficient (Wildman–Crippen LogP) is 3.58. The second kappa shape index (κ2) is 9.82. The van der Waals surface area contributed by atoms with Crippen LogP contribution >= 0.6 is 11.8 Å². The molecule has 3 rings (SSSR count). The van der Waals surface area contributed by atoms with Gasteiger partial charge in [-0.25, -0.2) is 0 Å². The Labute approximate surface area is 183 Å². The smallest absolute Gasteiger partial charge is 0.294 e. The van der Waals surface area contributed by atoms with E-state index in [0.29, 0.717) is 22.7 Å². The Balaban J connectivity index is 1.72. The van der Waals surface area contributed by atoms with Crippen LogP contribution < -0.4 is 14.8 Å². The zero-order chi connectivity index (χ0) is 22.4. The Hall–Kier alpha value is -3.77. The van der Waals surface area contributed by atoms with Gasteiger partial charge in [0.25, 0.3) is 11.1 Å². The highest BCUT2D eigenvalue weighted by molar-refractivity contribution is 8.18. The van der Waals surface area contributed by atoms with Gasteiger partial charge >= 0.3 is 0 Å². The lowest BCUT2D eigenvalue weighted by molar-refractivity contribution is -0.127. The standard InChI is InChI=1S/C22H19N3O5S/c1-14-5-3-4-6-16(14)24-20(26)13-25-21(27)19(31-22(25)28)12-15-7-8-17(30-10-9-23)18(11-15)29-2/h3-8,11-12H,10,13H2,1-2H3,(H,24,26)/b19-12-. The van der Waals surface area contributed by atoms with Crippen LogP contribution in [0.4, 0.5) is 10.5 Å². The average Bonchev–Trinajstić information content (AvgIpc) is 3.01. The summed E-state index contributed by atoms with van der Waals surface area (Å²) in [7, 11) is 1.46. The molecule has 1 fully saturated rings. The molecule has 0 aliphatic carbocycles. The van der Waals surface area contributed by atoms with Crippen molar-refractivity contribution in [1.82, 2.24) is 4.90 Å². The first-order valence-corrected chi connectivity index (χ1v) is 10.0. The van der Waals surface area contributed by atoms with Crippen molar-refractivity contribution in [3.8, 4) is 17.6 Å². The molecule has 0 spiro atoms. The maximum absolute atomic E-state index is 12.7. The molecular formula is C22H19N3O5S. The predicted molar refractivity (Wildman–Crippen MR) is 117 cm³/mol. The number of hydrogen-bond donors (Lipinski definition) is 1. The number of carbonyl (C=O) groups excluding carboxylic acids is 3. The maximum Gasteiger partial charge on any atom is 0.294 e. The number of methoxy groups -OCH3 is 1.